The van der Waals surface area contributed by atoms with Gasteiger partial charge in [0, 0.05) is 13.2 Å². The summed E-state index contributed by atoms with van der Waals surface area (Å²) in [7, 11) is 1.70. The van der Waals surface area contributed by atoms with E-state index in [2.05, 4.69) is 10.3 Å². The van der Waals surface area contributed by atoms with Crippen LogP contribution < -0.4 is 0 Å². The van der Waals surface area contributed by atoms with Gasteiger partial charge in [-0.15, -0.1) is 5.10 Å². The zero-order valence-electron chi connectivity index (χ0n) is 11.7. The SMILES string of the molecule is CN(C(=O)Cn1ccnn1)C1(CC(=O)O)CCCCC1. The Morgan fingerprint density at radius 2 is 2.05 bits per heavy atom. The second-order valence-electron chi connectivity index (χ2n) is 5.41. The molecule has 0 aromatic carbocycles. The molecule has 0 saturated heterocycles. The average molecular weight is 280 g/mol. The predicted molar refractivity (Wildman–Crippen MR) is 70.9 cm³/mol. The van der Waals surface area contributed by atoms with E-state index in [0.717, 1.165) is 32.1 Å². The molecule has 0 unspecified atom stereocenters. The molecular formula is C13H20N4O3. The Morgan fingerprint density at radius 3 is 2.60 bits per heavy atom. The molecule has 1 N–H and O–H groups in total. The topological polar surface area (TPSA) is 88.3 Å². The number of amides is 1. The van der Waals surface area contributed by atoms with Crippen LogP contribution in [0.3, 0.4) is 0 Å². The number of carbonyl (C=O) groups excluding carboxylic acids is 1. The smallest absolute Gasteiger partial charge is 0.305 e. The van der Waals surface area contributed by atoms with E-state index in [1.807, 2.05) is 0 Å². The molecule has 1 aromatic rings. The van der Waals surface area contributed by atoms with E-state index in [4.69, 9.17) is 5.11 Å². The number of carbonyl (C=O) groups is 2. The largest absolute Gasteiger partial charge is 0.481 e. The first-order chi connectivity index (χ1) is 9.53. The second kappa shape index (κ2) is 6.02. The number of aromatic nitrogens is 3. The summed E-state index contributed by atoms with van der Waals surface area (Å²) in [5.41, 5.74) is -0.554. The van der Waals surface area contributed by atoms with Gasteiger partial charge in [-0.05, 0) is 12.8 Å². The first kappa shape index (κ1) is 14.5. The molecule has 0 spiro atoms. The fraction of sp³-hybridized carbons (Fsp3) is 0.692. The van der Waals surface area contributed by atoms with Crippen LogP contribution in [0.1, 0.15) is 38.5 Å². The van der Waals surface area contributed by atoms with Crippen molar-refractivity contribution in [2.45, 2.75) is 50.6 Å². The predicted octanol–water partition coefficient (Wildman–Crippen LogP) is 0.914. The summed E-state index contributed by atoms with van der Waals surface area (Å²) >= 11 is 0. The average Bonchev–Trinajstić information content (AvgIpc) is 2.91. The van der Waals surface area contributed by atoms with Crippen LogP contribution in [-0.4, -0.2) is 49.5 Å². The third-order valence-corrected chi connectivity index (χ3v) is 4.12. The molecule has 20 heavy (non-hydrogen) atoms. The van der Waals surface area contributed by atoms with Gasteiger partial charge in [-0.1, -0.05) is 24.5 Å². The molecular weight excluding hydrogens is 260 g/mol. The Labute approximate surface area is 117 Å². The molecule has 0 bridgehead atoms. The number of aliphatic carboxylic acids is 1. The van der Waals surface area contributed by atoms with Gasteiger partial charge >= 0.3 is 5.97 Å². The lowest BCUT2D eigenvalue weighted by Gasteiger charge is -2.43. The third-order valence-electron chi connectivity index (χ3n) is 4.12. The lowest BCUT2D eigenvalue weighted by Crippen LogP contribution is -2.53. The molecule has 7 heteroatoms. The normalized spacial score (nSPS) is 17.6. The van der Waals surface area contributed by atoms with Gasteiger partial charge < -0.3 is 10.0 Å². The lowest BCUT2D eigenvalue weighted by atomic mass is 9.78. The van der Waals surface area contributed by atoms with E-state index >= 15 is 0 Å². The Bertz CT molecular complexity index is 466. The molecule has 1 aliphatic carbocycles. The molecule has 1 heterocycles. The highest BCUT2D eigenvalue weighted by molar-refractivity contribution is 5.78. The quantitative estimate of drug-likeness (QED) is 0.866. The van der Waals surface area contributed by atoms with E-state index in [1.54, 1.807) is 18.1 Å². The minimum atomic E-state index is -0.854. The molecule has 1 amide bonds. The summed E-state index contributed by atoms with van der Waals surface area (Å²) in [5.74, 6) is -0.981. The van der Waals surface area contributed by atoms with Gasteiger partial charge in [-0.2, -0.15) is 0 Å². The van der Waals surface area contributed by atoms with Crippen LogP contribution in [0.15, 0.2) is 12.4 Å². The molecule has 1 aromatic heterocycles. The van der Waals surface area contributed by atoms with Crippen LogP contribution in [0.25, 0.3) is 0 Å². The molecule has 2 rings (SSSR count). The van der Waals surface area contributed by atoms with Crippen molar-refractivity contribution in [3.63, 3.8) is 0 Å². The van der Waals surface area contributed by atoms with Crippen molar-refractivity contribution in [1.29, 1.82) is 0 Å². The van der Waals surface area contributed by atoms with Crippen LogP contribution in [0.2, 0.25) is 0 Å². The first-order valence-corrected chi connectivity index (χ1v) is 6.86. The third kappa shape index (κ3) is 3.15. The second-order valence-corrected chi connectivity index (χ2v) is 5.41. The maximum Gasteiger partial charge on any atom is 0.305 e. The van der Waals surface area contributed by atoms with Crippen LogP contribution in [0.5, 0.6) is 0 Å². The van der Waals surface area contributed by atoms with Gasteiger partial charge in [-0.25, -0.2) is 4.68 Å². The Balaban J connectivity index is 2.10. The van der Waals surface area contributed by atoms with Crippen molar-refractivity contribution in [3.8, 4) is 0 Å². The molecule has 1 fully saturated rings. The zero-order chi connectivity index (χ0) is 14.6. The summed E-state index contributed by atoms with van der Waals surface area (Å²) in [6, 6.07) is 0. The van der Waals surface area contributed by atoms with Crippen LogP contribution in [0.4, 0.5) is 0 Å². The Hall–Kier alpha value is -1.92. The van der Waals surface area contributed by atoms with Gasteiger partial charge in [0.1, 0.15) is 6.54 Å². The number of carboxylic acids is 1. The molecule has 0 radical (unpaired) electrons. The maximum atomic E-state index is 12.3. The highest BCUT2D eigenvalue weighted by Crippen LogP contribution is 2.36. The zero-order valence-corrected chi connectivity index (χ0v) is 11.7. The fourth-order valence-corrected chi connectivity index (χ4v) is 2.95. The lowest BCUT2D eigenvalue weighted by molar-refractivity contribution is -0.146. The van der Waals surface area contributed by atoms with Gasteiger partial charge in [0.2, 0.25) is 5.91 Å². The van der Waals surface area contributed by atoms with Crippen molar-refractivity contribution in [3.05, 3.63) is 12.4 Å². The van der Waals surface area contributed by atoms with E-state index in [9.17, 15) is 9.59 Å². The molecule has 1 aliphatic rings. The van der Waals surface area contributed by atoms with Crippen LogP contribution in [0, 0.1) is 0 Å². The number of carboxylic acid groups (broad SMARTS) is 1. The van der Waals surface area contributed by atoms with Gasteiger partial charge in [0.25, 0.3) is 0 Å². The standard InChI is InChI=1S/C13H20N4O3/c1-16(11(18)10-17-8-7-14-15-17)13(9-12(19)20)5-3-2-4-6-13/h7-8H,2-6,9-10H2,1H3,(H,19,20). The minimum absolute atomic E-state index is 0.00654. The molecule has 1 saturated carbocycles. The Kier molecular flexibility index (Phi) is 4.36. The summed E-state index contributed by atoms with van der Waals surface area (Å²) in [5, 5.41) is 16.6. The van der Waals surface area contributed by atoms with Gasteiger partial charge in [0.15, 0.2) is 0 Å². The minimum Gasteiger partial charge on any atom is -0.481 e. The summed E-state index contributed by atoms with van der Waals surface area (Å²) < 4.78 is 1.45. The summed E-state index contributed by atoms with van der Waals surface area (Å²) in [4.78, 5) is 25.1. The van der Waals surface area contributed by atoms with Crippen molar-refractivity contribution in [2.24, 2.45) is 0 Å². The number of hydrogen-bond acceptors (Lipinski definition) is 4. The number of rotatable bonds is 5. The van der Waals surface area contributed by atoms with Crippen molar-refractivity contribution in [2.75, 3.05) is 7.05 Å². The van der Waals surface area contributed by atoms with Crippen molar-refractivity contribution < 1.29 is 14.7 Å². The summed E-state index contributed by atoms with van der Waals surface area (Å²) in [6.45, 7) is 0.0951. The van der Waals surface area contributed by atoms with E-state index in [0.29, 0.717) is 0 Å². The van der Waals surface area contributed by atoms with Crippen molar-refractivity contribution >= 4 is 11.9 Å². The highest BCUT2D eigenvalue weighted by atomic mass is 16.4. The van der Waals surface area contributed by atoms with E-state index in [1.165, 1.54) is 10.9 Å². The molecule has 7 nitrogen and oxygen atoms in total. The number of nitrogens with zero attached hydrogens (tertiary/aromatic N) is 4. The molecule has 0 atom stereocenters. The fourth-order valence-electron chi connectivity index (χ4n) is 2.95. The molecule has 0 aliphatic heterocycles. The molecule has 110 valence electrons. The van der Waals surface area contributed by atoms with Gasteiger partial charge in [-0.3, -0.25) is 9.59 Å². The van der Waals surface area contributed by atoms with Crippen molar-refractivity contribution in [1.82, 2.24) is 19.9 Å². The van der Waals surface area contributed by atoms with E-state index in [-0.39, 0.29) is 18.9 Å². The van der Waals surface area contributed by atoms with Crippen LogP contribution in [-0.2, 0) is 16.1 Å². The van der Waals surface area contributed by atoms with Gasteiger partial charge in [0.05, 0.1) is 18.2 Å². The number of likely N-dealkylation sites (N-methyl/N-ethyl adjacent to an activating group) is 1. The maximum absolute atomic E-state index is 12.3. The first-order valence-electron chi connectivity index (χ1n) is 6.86. The monoisotopic (exact) mass is 280 g/mol. The number of hydrogen-bond donors (Lipinski definition) is 1. The highest BCUT2D eigenvalue weighted by Gasteiger charge is 2.40. The summed E-state index contributed by atoms with van der Waals surface area (Å²) in [6.07, 6.45) is 7.68. The Morgan fingerprint density at radius 1 is 1.35 bits per heavy atom. The van der Waals surface area contributed by atoms with E-state index < -0.39 is 11.5 Å². The van der Waals surface area contributed by atoms with Crippen LogP contribution >= 0.6 is 0 Å².